The number of carbonyl (C=O) groups is 2. The van der Waals surface area contributed by atoms with Gasteiger partial charge in [-0.1, -0.05) is 43.8 Å². The van der Waals surface area contributed by atoms with Crippen LogP contribution in [0.15, 0.2) is 42.5 Å². The SMILES string of the molecule is C=C(C)C(=O)OC(CC)OC(C(C)=O)c1ccccc1. The summed E-state index contributed by atoms with van der Waals surface area (Å²) in [7, 11) is 0. The van der Waals surface area contributed by atoms with Gasteiger partial charge in [0.1, 0.15) is 6.10 Å². The lowest BCUT2D eigenvalue weighted by Crippen LogP contribution is -2.26. The Bertz CT molecular complexity index is 479. The summed E-state index contributed by atoms with van der Waals surface area (Å²) in [5, 5.41) is 0. The molecule has 0 aromatic heterocycles. The van der Waals surface area contributed by atoms with Crippen LogP contribution < -0.4 is 0 Å². The van der Waals surface area contributed by atoms with Crippen LogP contribution in [0.3, 0.4) is 0 Å². The number of ketones is 1. The summed E-state index contributed by atoms with van der Waals surface area (Å²) < 4.78 is 10.8. The standard InChI is InChI=1S/C16H20O4/c1-5-14(20-16(18)11(2)3)19-15(12(4)17)13-9-7-6-8-10-13/h6-10,14-15H,2,5H2,1,3-4H3. The third kappa shape index (κ3) is 4.63. The highest BCUT2D eigenvalue weighted by Gasteiger charge is 2.23. The highest BCUT2D eigenvalue weighted by Crippen LogP contribution is 2.22. The summed E-state index contributed by atoms with van der Waals surface area (Å²) in [5.41, 5.74) is 1.04. The molecule has 1 rings (SSSR count). The predicted molar refractivity (Wildman–Crippen MR) is 75.9 cm³/mol. The summed E-state index contributed by atoms with van der Waals surface area (Å²) >= 11 is 0. The van der Waals surface area contributed by atoms with E-state index >= 15 is 0 Å². The van der Waals surface area contributed by atoms with Gasteiger partial charge in [-0.15, -0.1) is 0 Å². The zero-order valence-electron chi connectivity index (χ0n) is 12.1. The first-order chi connectivity index (χ1) is 9.45. The van der Waals surface area contributed by atoms with Crippen LogP contribution in [-0.4, -0.2) is 18.0 Å². The normalized spacial score (nSPS) is 13.3. The van der Waals surface area contributed by atoms with Crippen molar-refractivity contribution in [3.63, 3.8) is 0 Å². The molecule has 0 fully saturated rings. The molecule has 4 nitrogen and oxygen atoms in total. The molecule has 0 bridgehead atoms. The van der Waals surface area contributed by atoms with Crippen molar-refractivity contribution in [2.24, 2.45) is 0 Å². The number of hydrogen-bond acceptors (Lipinski definition) is 4. The number of hydrogen-bond donors (Lipinski definition) is 0. The number of rotatable bonds is 7. The number of carbonyl (C=O) groups excluding carboxylic acids is 2. The van der Waals surface area contributed by atoms with Crippen molar-refractivity contribution in [1.29, 1.82) is 0 Å². The Hall–Kier alpha value is -1.94. The van der Waals surface area contributed by atoms with Crippen molar-refractivity contribution in [3.8, 4) is 0 Å². The summed E-state index contributed by atoms with van der Waals surface area (Å²) in [4.78, 5) is 23.2. The van der Waals surface area contributed by atoms with Crippen LogP contribution >= 0.6 is 0 Å². The molecule has 0 aliphatic carbocycles. The van der Waals surface area contributed by atoms with E-state index in [2.05, 4.69) is 6.58 Å². The Balaban J connectivity index is 2.81. The summed E-state index contributed by atoms with van der Waals surface area (Å²) in [6, 6.07) is 9.13. The summed E-state index contributed by atoms with van der Waals surface area (Å²) in [5.74, 6) is -0.659. The predicted octanol–water partition coefficient (Wildman–Crippen LogP) is 3.19. The van der Waals surface area contributed by atoms with Crippen LogP contribution in [0.5, 0.6) is 0 Å². The third-order valence-electron chi connectivity index (χ3n) is 2.68. The number of ether oxygens (including phenoxy) is 2. The van der Waals surface area contributed by atoms with Crippen LogP contribution in [0.4, 0.5) is 0 Å². The van der Waals surface area contributed by atoms with Gasteiger partial charge in [-0.2, -0.15) is 0 Å². The molecule has 0 saturated carbocycles. The molecule has 0 radical (unpaired) electrons. The molecule has 0 amide bonds. The second-order valence-corrected chi connectivity index (χ2v) is 4.56. The smallest absolute Gasteiger partial charge is 0.335 e. The van der Waals surface area contributed by atoms with Crippen molar-refractivity contribution < 1.29 is 19.1 Å². The molecule has 108 valence electrons. The van der Waals surface area contributed by atoms with Crippen molar-refractivity contribution in [3.05, 3.63) is 48.0 Å². The minimum atomic E-state index is -0.770. The van der Waals surface area contributed by atoms with Crippen molar-refractivity contribution >= 4 is 11.8 Å². The molecular weight excluding hydrogens is 256 g/mol. The van der Waals surface area contributed by atoms with Crippen LogP contribution in [0, 0.1) is 0 Å². The lowest BCUT2D eigenvalue weighted by atomic mass is 10.1. The molecule has 20 heavy (non-hydrogen) atoms. The molecule has 1 aromatic rings. The zero-order chi connectivity index (χ0) is 15.1. The van der Waals surface area contributed by atoms with Crippen LogP contribution in [0.1, 0.15) is 38.9 Å². The molecule has 2 atom stereocenters. The van der Waals surface area contributed by atoms with Crippen LogP contribution in [0.2, 0.25) is 0 Å². The maximum absolute atomic E-state index is 11.7. The molecule has 0 heterocycles. The van der Waals surface area contributed by atoms with Gasteiger partial charge in [0, 0.05) is 12.0 Å². The second kappa shape index (κ2) is 7.60. The highest BCUT2D eigenvalue weighted by molar-refractivity contribution is 5.87. The minimum absolute atomic E-state index is 0.138. The first-order valence-corrected chi connectivity index (χ1v) is 6.53. The van der Waals surface area contributed by atoms with E-state index in [1.165, 1.54) is 6.92 Å². The van der Waals surface area contributed by atoms with Gasteiger partial charge in [-0.3, -0.25) is 4.79 Å². The van der Waals surface area contributed by atoms with Gasteiger partial charge in [0.15, 0.2) is 5.78 Å². The van der Waals surface area contributed by atoms with Gasteiger partial charge >= 0.3 is 5.97 Å². The second-order valence-electron chi connectivity index (χ2n) is 4.56. The van der Waals surface area contributed by atoms with E-state index in [1.54, 1.807) is 19.1 Å². The van der Waals surface area contributed by atoms with E-state index in [1.807, 2.05) is 25.1 Å². The first kappa shape index (κ1) is 16.1. The topological polar surface area (TPSA) is 52.6 Å². The molecule has 4 heteroatoms. The largest absolute Gasteiger partial charge is 0.432 e. The lowest BCUT2D eigenvalue weighted by molar-refractivity contribution is -0.189. The van der Waals surface area contributed by atoms with Crippen LogP contribution in [-0.2, 0) is 19.1 Å². The average molecular weight is 276 g/mol. The Kier molecular flexibility index (Phi) is 6.12. The molecule has 1 aromatic carbocycles. The minimum Gasteiger partial charge on any atom is -0.432 e. The quantitative estimate of drug-likeness (QED) is 0.436. The number of esters is 1. The van der Waals surface area contributed by atoms with E-state index in [0.717, 1.165) is 5.56 Å². The molecular formula is C16H20O4. The van der Waals surface area contributed by atoms with E-state index in [4.69, 9.17) is 9.47 Å². The molecule has 0 aliphatic heterocycles. The molecule has 0 spiro atoms. The van der Waals surface area contributed by atoms with Crippen molar-refractivity contribution in [2.75, 3.05) is 0 Å². The zero-order valence-corrected chi connectivity index (χ0v) is 12.1. The van der Waals surface area contributed by atoms with Gasteiger partial charge in [0.05, 0.1) is 0 Å². The van der Waals surface area contributed by atoms with Gasteiger partial charge in [0.25, 0.3) is 0 Å². The van der Waals surface area contributed by atoms with E-state index in [0.29, 0.717) is 12.0 Å². The van der Waals surface area contributed by atoms with Crippen molar-refractivity contribution in [1.82, 2.24) is 0 Å². The molecule has 2 unspecified atom stereocenters. The fraction of sp³-hybridized carbons (Fsp3) is 0.375. The van der Waals surface area contributed by atoms with E-state index in [-0.39, 0.29) is 5.78 Å². The Morgan fingerprint density at radius 2 is 1.80 bits per heavy atom. The molecule has 0 aliphatic rings. The summed E-state index contributed by atoms with van der Waals surface area (Å²) in [6.45, 7) is 8.35. The van der Waals surface area contributed by atoms with Gasteiger partial charge in [-0.05, 0) is 19.4 Å². The fourth-order valence-electron chi connectivity index (χ4n) is 1.62. The van der Waals surface area contributed by atoms with E-state index < -0.39 is 18.4 Å². The highest BCUT2D eigenvalue weighted by atomic mass is 16.7. The Morgan fingerprint density at radius 3 is 2.25 bits per heavy atom. The Labute approximate surface area is 119 Å². The maximum atomic E-state index is 11.7. The fourth-order valence-corrected chi connectivity index (χ4v) is 1.62. The maximum Gasteiger partial charge on any atom is 0.335 e. The van der Waals surface area contributed by atoms with Gasteiger partial charge in [0.2, 0.25) is 6.29 Å². The number of benzene rings is 1. The average Bonchev–Trinajstić information content (AvgIpc) is 2.43. The number of Topliss-reactive ketones (excluding diaryl/α,β-unsaturated/α-hetero) is 1. The third-order valence-corrected chi connectivity index (χ3v) is 2.68. The Morgan fingerprint density at radius 1 is 1.20 bits per heavy atom. The van der Waals surface area contributed by atoms with Crippen LogP contribution in [0.25, 0.3) is 0 Å². The van der Waals surface area contributed by atoms with Crippen molar-refractivity contribution in [2.45, 2.75) is 39.6 Å². The van der Waals surface area contributed by atoms with Gasteiger partial charge < -0.3 is 9.47 Å². The monoisotopic (exact) mass is 276 g/mol. The molecule has 0 saturated heterocycles. The van der Waals surface area contributed by atoms with E-state index in [9.17, 15) is 9.59 Å². The molecule has 0 N–H and O–H groups in total. The van der Waals surface area contributed by atoms with Gasteiger partial charge in [-0.25, -0.2) is 4.79 Å². The lowest BCUT2D eigenvalue weighted by Gasteiger charge is -2.22. The summed E-state index contributed by atoms with van der Waals surface area (Å²) in [6.07, 6.45) is -1.05. The first-order valence-electron chi connectivity index (χ1n) is 6.53.